The van der Waals surface area contributed by atoms with E-state index in [-0.39, 0.29) is 12.7 Å². The Labute approximate surface area is 97.5 Å². The molecule has 92 valence electrons. The molecule has 0 bridgehead atoms. The monoisotopic (exact) mass is 227 g/mol. The highest BCUT2D eigenvalue weighted by atomic mass is 19.1. The van der Waals surface area contributed by atoms with E-state index in [2.05, 4.69) is 4.98 Å². The number of aromatic nitrogens is 1. The van der Waals surface area contributed by atoms with Gasteiger partial charge in [0.05, 0.1) is 0 Å². The van der Waals surface area contributed by atoms with Gasteiger partial charge in [0, 0.05) is 24.3 Å². The summed E-state index contributed by atoms with van der Waals surface area (Å²) in [4.78, 5) is 5.91. The maximum Gasteiger partial charge on any atom is 0.128 e. The lowest BCUT2D eigenvalue weighted by Crippen LogP contribution is -2.25. The second-order valence-corrected chi connectivity index (χ2v) is 3.32. The Hall–Kier alpha value is -1.16. The summed E-state index contributed by atoms with van der Waals surface area (Å²) < 4.78 is 12.1. The summed E-state index contributed by atoms with van der Waals surface area (Å²) in [5, 5.41) is 0. The third-order valence-corrected chi connectivity index (χ3v) is 2.42. The van der Waals surface area contributed by atoms with E-state index in [0.29, 0.717) is 12.4 Å². The van der Waals surface area contributed by atoms with E-state index in [1.807, 2.05) is 44.9 Å². The van der Waals surface area contributed by atoms with E-state index in [9.17, 15) is 4.39 Å². The van der Waals surface area contributed by atoms with Crippen molar-refractivity contribution in [2.75, 3.05) is 26.0 Å². The van der Waals surface area contributed by atoms with Gasteiger partial charge in [-0.05, 0) is 20.0 Å². The summed E-state index contributed by atoms with van der Waals surface area (Å²) in [6.45, 7) is 6.06. The zero-order valence-corrected chi connectivity index (χ0v) is 10.6. The van der Waals surface area contributed by atoms with Gasteiger partial charge in [0.1, 0.15) is 12.5 Å². The molecule has 0 aliphatic rings. The fourth-order valence-electron chi connectivity index (χ4n) is 1.35. The third-order valence-electron chi connectivity index (χ3n) is 2.42. The van der Waals surface area contributed by atoms with Crippen LogP contribution in [0.5, 0.6) is 0 Å². The highest BCUT2D eigenvalue weighted by Crippen LogP contribution is 2.21. The average Bonchev–Trinajstić information content (AvgIpc) is 2.32. The molecule has 16 heavy (non-hydrogen) atoms. The Bertz CT molecular complexity index is 291. The number of rotatable bonds is 4. The molecule has 0 aliphatic heterocycles. The van der Waals surface area contributed by atoms with Crippen LogP contribution in [0.25, 0.3) is 0 Å². The first-order valence-electron chi connectivity index (χ1n) is 5.63. The molecule has 4 heteroatoms. The number of alkyl halides is 1. The fraction of sp³-hybridized carbons (Fsp3) is 0.583. The SMILES string of the molecule is CC.CC(c1cccnc1N)N(C)CCF. The van der Waals surface area contributed by atoms with Crippen molar-refractivity contribution in [2.24, 2.45) is 0 Å². The van der Waals surface area contributed by atoms with Crippen molar-refractivity contribution in [3.63, 3.8) is 0 Å². The van der Waals surface area contributed by atoms with Crippen LogP contribution in [-0.4, -0.2) is 30.2 Å². The van der Waals surface area contributed by atoms with Gasteiger partial charge >= 0.3 is 0 Å². The molecule has 0 aromatic carbocycles. The summed E-state index contributed by atoms with van der Waals surface area (Å²) >= 11 is 0. The van der Waals surface area contributed by atoms with Crippen molar-refractivity contribution in [1.82, 2.24) is 9.88 Å². The van der Waals surface area contributed by atoms with Crippen LogP contribution in [0.2, 0.25) is 0 Å². The number of nitrogens with zero attached hydrogens (tertiary/aromatic N) is 2. The molecule has 3 nitrogen and oxygen atoms in total. The van der Waals surface area contributed by atoms with Crippen molar-refractivity contribution in [3.8, 4) is 0 Å². The maximum absolute atomic E-state index is 12.1. The second-order valence-electron chi connectivity index (χ2n) is 3.32. The molecule has 0 amide bonds. The third kappa shape index (κ3) is 4.14. The van der Waals surface area contributed by atoms with E-state index in [0.717, 1.165) is 5.56 Å². The Kier molecular flexibility index (Phi) is 7.46. The molecule has 0 radical (unpaired) electrons. The molecule has 0 saturated carbocycles. The Morgan fingerprint density at radius 1 is 1.50 bits per heavy atom. The van der Waals surface area contributed by atoms with E-state index in [1.165, 1.54) is 0 Å². The number of halogens is 1. The van der Waals surface area contributed by atoms with E-state index in [4.69, 9.17) is 5.73 Å². The van der Waals surface area contributed by atoms with Crippen molar-refractivity contribution < 1.29 is 4.39 Å². The summed E-state index contributed by atoms with van der Waals surface area (Å²) in [5.41, 5.74) is 6.67. The average molecular weight is 227 g/mol. The van der Waals surface area contributed by atoms with Crippen LogP contribution in [-0.2, 0) is 0 Å². The normalized spacial score (nSPS) is 11.9. The number of anilines is 1. The van der Waals surface area contributed by atoms with E-state index < -0.39 is 0 Å². The largest absolute Gasteiger partial charge is 0.383 e. The maximum atomic E-state index is 12.1. The summed E-state index contributed by atoms with van der Waals surface area (Å²) in [7, 11) is 1.87. The first kappa shape index (κ1) is 14.8. The molecular weight excluding hydrogens is 205 g/mol. The molecular formula is C12H22FN3. The highest BCUT2D eigenvalue weighted by Gasteiger charge is 2.13. The zero-order valence-electron chi connectivity index (χ0n) is 10.6. The molecule has 0 saturated heterocycles. The minimum absolute atomic E-state index is 0.0967. The predicted molar refractivity (Wildman–Crippen MR) is 67.0 cm³/mol. The number of hydrogen-bond donors (Lipinski definition) is 1. The minimum atomic E-state index is -0.346. The molecule has 0 aliphatic carbocycles. The van der Waals surface area contributed by atoms with E-state index >= 15 is 0 Å². The summed E-state index contributed by atoms with van der Waals surface area (Å²) in [6, 6.07) is 3.85. The standard InChI is InChI=1S/C10H16FN3.C2H6/c1-8(14(2)7-5-11)9-4-3-6-13-10(9)12;1-2/h3-4,6,8H,5,7H2,1-2H3,(H2,12,13);1-2H3. The molecule has 1 aromatic heterocycles. The van der Waals surface area contributed by atoms with Crippen molar-refractivity contribution in [1.29, 1.82) is 0 Å². The second kappa shape index (κ2) is 8.05. The van der Waals surface area contributed by atoms with Crippen LogP contribution < -0.4 is 5.73 Å². The molecule has 1 unspecified atom stereocenters. The number of hydrogen-bond acceptors (Lipinski definition) is 3. The first-order valence-corrected chi connectivity index (χ1v) is 5.63. The van der Waals surface area contributed by atoms with Crippen LogP contribution in [0.15, 0.2) is 18.3 Å². The molecule has 2 N–H and O–H groups in total. The summed E-state index contributed by atoms with van der Waals surface area (Å²) in [6.07, 6.45) is 1.65. The quantitative estimate of drug-likeness (QED) is 0.859. The van der Waals surface area contributed by atoms with Gasteiger partial charge in [0.15, 0.2) is 0 Å². The Morgan fingerprint density at radius 2 is 2.12 bits per heavy atom. The topological polar surface area (TPSA) is 42.1 Å². The van der Waals surface area contributed by atoms with E-state index in [1.54, 1.807) is 6.20 Å². The lowest BCUT2D eigenvalue weighted by atomic mass is 10.1. The molecule has 0 spiro atoms. The van der Waals surface area contributed by atoms with Gasteiger partial charge in [-0.2, -0.15) is 0 Å². The van der Waals surface area contributed by atoms with Gasteiger partial charge in [-0.3, -0.25) is 4.90 Å². The zero-order chi connectivity index (χ0) is 12.6. The lowest BCUT2D eigenvalue weighted by Gasteiger charge is -2.24. The van der Waals surface area contributed by atoms with Crippen LogP contribution in [0.4, 0.5) is 10.2 Å². The Balaban J connectivity index is 0.00000106. The van der Waals surface area contributed by atoms with Crippen molar-refractivity contribution in [3.05, 3.63) is 23.9 Å². The number of nitrogen functional groups attached to an aromatic ring is 1. The van der Waals surface area contributed by atoms with Gasteiger partial charge in [-0.1, -0.05) is 19.9 Å². The fourth-order valence-corrected chi connectivity index (χ4v) is 1.35. The predicted octanol–water partition coefficient (Wildman–Crippen LogP) is 2.65. The molecule has 1 rings (SSSR count). The first-order chi connectivity index (χ1) is 7.66. The molecule has 1 aromatic rings. The Morgan fingerprint density at radius 3 is 2.62 bits per heavy atom. The van der Waals surface area contributed by atoms with Gasteiger partial charge in [0.2, 0.25) is 0 Å². The van der Waals surface area contributed by atoms with Crippen LogP contribution in [0, 0.1) is 0 Å². The van der Waals surface area contributed by atoms with Crippen LogP contribution in [0.3, 0.4) is 0 Å². The van der Waals surface area contributed by atoms with Crippen molar-refractivity contribution in [2.45, 2.75) is 26.8 Å². The van der Waals surface area contributed by atoms with Gasteiger partial charge < -0.3 is 5.73 Å². The smallest absolute Gasteiger partial charge is 0.128 e. The lowest BCUT2D eigenvalue weighted by molar-refractivity contribution is 0.237. The van der Waals surface area contributed by atoms with Gasteiger partial charge in [0.25, 0.3) is 0 Å². The number of nitrogens with two attached hydrogens (primary N) is 1. The molecule has 1 atom stereocenters. The van der Waals surface area contributed by atoms with Gasteiger partial charge in [-0.15, -0.1) is 0 Å². The van der Waals surface area contributed by atoms with Crippen molar-refractivity contribution >= 4 is 5.82 Å². The molecule has 0 fully saturated rings. The van der Waals surface area contributed by atoms with Gasteiger partial charge in [-0.25, -0.2) is 9.37 Å². The minimum Gasteiger partial charge on any atom is -0.383 e. The summed E-state index contributed by atoms with van der Waals surface area (Å²) in [5.74, 6) is 0.519. The highest BCUT2D eigenvalue weighted by molar-refractivity contribution is 5.40. The molecule has 1 heterocycles. The van der Waals surface area contributed by atoms with Crippen LogP contribution >= 0.6 is 0 Å². The van der Waals surface area contributed by atoms with Crippen LogP contribution in [0.1, 0.15) is 32.4 Å². The number of pyridine rings is 1.